The molecule has 0 radical (unpaired) electrons. The van der Waals surface area contributed by atoms with Crippen molar-refractivity contribution in [3.8, 4) is 11.8 Å². The summed E-state index contributed by atoms with van der Waals surface area (Å²) >= 11 is 0. The van der Waals surface area contributed by atoms with E-state index in [-0.39, 0.29) is 12.6 Å². The Morgan fingerprint density at radius 3 is 3.05 bits per heavy atom. The highest BCUT2D eigenvalue weighted by molar-refractivity contribution is 5.36. The van der Waals surface area contributed by atoms with Gasteiger partial charge in [-0.3, -0.25) is 4.90 Å². The number of ether oxygens (including phenoxy) is 1. The summed E-state index contributed by atoms with van der Waals surface area (Å²) in [6, 6.07) is 9.60. The molecule has 0 spiro atoms. The topological polar surface area (TPSA) is 56.5 Å². The van der Waals surface area contributed by atoms with Crippen LogP contribution in [0.3, 0.4) is 0 Å². The zero-order chi connectivity index (χ0) is 14.2. The second-order valence-electron chi connectivity index (χ2n) is 5.21. The van der Waals surface area contributed by atoms with E-state index in [1.54, 1.807) is 12.1 Å². The van der Waals surface area contributed by atoms with Crippen molar-refractivity contribution in [1.82, 2.24) is 4.90 Å². The minimum Gasteiger partial charge on any atom is -0.492 e. The third-order valence-corrected chi connectivity index (χ3v) is 3.82. The maximum Gasteiger partial charge on any atom is 0.120 e. The van der Waals surface area contributed by atoms with Crippen LogP contribution in [-0.2, 0) is 0 Å². The molecule has 4 heteroatoms. The first-order valence-corrected chi connectivity index (χ1v) is 7.31. The van der Waals surface area contributed by atoms with Crippen molar-refractivity contribution in [3.05, 3.63) is 29.8 Å². The molecule has 1 aliphatic rings. The summed E-state index contributed by atoms with van der Waals surface area (Å²) < 4.78 is 5.71. The number of aliphatic hydroxyl groups is 1. The van der Waals surface area contributed by atoms with Gasteiger partial charge in [0.05, 0.1) is 18.2 Å². The second kappa shape index (κ2) is 7.88. The number of nitriles is 1. The Kier molecular flexibility index (Phi) is 5.85. The molecule has 1 fully saturated rings. The van der Waals surface area contributed by atoms with E-state index in [1.165, 1.54) is 19.3 Å². The molecule has 1 aromatic carbocycles. The predicted molar refractivity (Wildman–Crippen MR) is 77.6 cm³/mol. The molecule has 0 aliphatic carbocycles. The molecule has 0 aromatic heterocycles. The van der Waals surface area contributed by atoms with Crippen LogP contribution in [-0.4, -0.2) is 42.4 Å². The van der Waals surface area contributed by atoms with Crippen LogP contribution >= 0.6 is 0 Å². The Bertz CT molecular complexity index is 456. The first-order chi connectivity index (χ1) is 9.83. The Labute approximate surface area is 120 Å². The summed E-state index contributed by atoms with van der Waals surface area (Å²) in [5, 5.41) is 18.3. The van der Waals surface area contributed by atoms with E-state index >= 15 is 0 Å². The highest BCUT2D eigenvalue weighted by atomic mass is 16.5. The van der Waals surface area contributed by atoms with E-state index < -0.39 is 0 Å². The molecule has 2 rings (SSSR count). The van der Waals surface area contributed by atoms with Crippen molar-refractivity contribution >= 4 is 0 Å². The lowest BCUT2D eigenvalue weighted by atomic mass is 10.1. The fraction of sp³-hybridized carbons (Fsp3) is 0.562. The van der Waals surface area contributed by atoms with Crippen LogP contribution in [0.1, 0.15) is 31.2 Å². The van der Waals surface area contributed by atoms with Crippen LogP contribution in [0.5, 0.6) is 5.75 Å². The molecule has 1 aromatic rings. The molecule has 0 bridgehead atoms. The average Bonchev–Trinajstić information content (AvgIpc) is 2.72. The van der Waals surface area contributed by atoms with Gasteiger partial charge in [-0.15, -0.1) is 0 Å². The van der Waals surface area contributed by atoms with Crippen LogP contribution < -0.4 is 4.74 Å². The molecule has 1 N–H and O–H groups in total. The summed E-state index contributed by atoms with van der Waals surface area (Å²) in [5.41, 5.74) is 0.616. The van der Waals surface area contributed by atoms with Crippen molar-refractivity contribution in [3.63, 3.8) is 0 Å². The third-order valence-electron chi connectivity index (χ3n) is 3.82. The van der Waals surface area contributed by atoms with Gasteiger partial charge in [0.1, 0.15) is 12.4 Å². The monoisotopic (exact) mass is 274 g/mol. The van der Waals surface area contributed by atoms with Gasteiger partial charge in [-0.1, -0.05) is 18.9 Å². The van der Waals surface area contributed by atoms with Crippen molar-refractivity contribution in [2.24, 2.45) is 0 Å². The zero-order valence-corrected chi connectivity index (χ0v) is 11.8. The van der Waals surface area contributed by atoms with Gasteiger partial charge in [0, 0.05) is 12.6 Å². The molecule has 1 unspecified atom stereocenters. The summed E-state index contributed by atoms with van der Waals surface area (Å²) in [5.74, 6) is 0.736. The SMILES string of the molecule is N#Cc1cccc(OCCN2CCCCCC2CO)c1. The van der Waals surface area contributed by atoms with Crippen LogP contribution in [0.15, 0.2) is 24.3 Å². The minimum absolute atomic E-state index is 0.226. The van der Waals surface area contributed by atoms with Crippen LogP contribution in [0.2, 0.25) is 0 Å². The van der Waals surface area contributed by atoms with Gasteiger partial charge in [0.15, 0.2) is 0 Å². The van der Waals surface area contributed by atoms with Crippen molar-refractivity contribution < 1.29 is 9.84 Å². The number of benzene rings is 1. The van der Waals surface area contributed by atoms with E-state index in [4.69, 9.17) is 10.00 Å². The van der Waals surface area contributed by atoms with E-state index in [0.717, 1.165) is 25.3 Å². The molecule has 4 nitrogen and oxygen atoms in total. The van der Waals surface area contributed by atoms with Gasteiger partial charge in [0.2, 0.25) is 0 Å². The Morgan fingerprint density at radius 2 is 2.25 bits per heavy atom. The zero-order valence-electron chi connectivity index (χ0n) is 11.8. The molecule has 1 aliphatic heterocycles. The van der Waals surface area contributed by atoms with Crippen molar-refractivity contribution in [1.29, 1.82) is 5.26 Å². The number of nitrogens with zero attached hydrogens (tertiary/aromatic N) is 2. The molecular weight excluding hydrogens is 252 g/mol. The maximum absolute atomic E-state index is 9.45. The number of aliphatic hydroxyl groups excluding tert-OH is 1. The molecule has 1 heterocycles. The van der Waals surface area contributed by atoms with Crippen LogP contribution in [0.4, 0.5) is 0 Å². The Balaban J connectivity index is 1.83. The molecule has 0 saturated carbocycles. The van der Waals surface area contributed by atoms with E-state index in [9.17, 15) is 5.11 Å². The molecule has 1 atom stereocenters. The van der Waals surface area contributed by atoms with Gasteiger partial charge in [0.25, 0.3) is 0 Å². The number of rotatable bonds is 5. The highest BCUT2D eigenvalue weighted by Gasteiger charge is 2.19. The first-order valence-electron chi connectivity index (χ1n) is 7.31. The summed E-state index contributed by atoms with van der Waals surface area (Å²) in [7, 11) is 0. The number of likely N-dealkylation sites (tertiary alicyclic amines) is 1. The van der Waals surface area contributed by atoms with E-state index in [0.29, 0.717) is 12.2 Å². The van der Waals surface area contributed by atoms with Gasteiger partial charge in [-0.2, -0.15) is 5.26 Å². The Hall–Kier alpha value is -1.57. The second-order valence-corrected chi connectivity index (χ2v) is 5.21. The van der Waals surface area contributed by atoms with E-state index in [2.05, 4.69) is 11.0 Å². The molecule has 1 saturated heterocycles. The third kappa shape index (κ3) is 4.22. The summed E-state index contributed by atoms with van der Waals surface area (Å²) in [6.07, 6.45) is 4.71. The quantitative estimate of drug-likeness (QED) is 0.894. The smallest absolute Gasteiger partial charge is 0.120 e. The maximum atomic E-state index is 9.45. The molecule has 108 valence electrons. The van der Waals surface area contributed by atoms with Gasteiger partial charge in [-0.25, -0.2) is 0 Å². The van der Waals surface area contributed by atoms with Gasteiger partial charge in [-0.05, 0) is 37.6 Å². The molecule has 0 amide bonds. The number of hydrogen-bond donors (Lipinski definition) is 1. The summed E-state index contributed by atoms with van der Waals surface area (Å²) in [6.45, 7) is 2.67. The van der Waals surface area contributed by atoms with Crippen LogP contribution in [0, 0.1) is 11.3 Å². The lowest BCUT2D eigenvalue weighted by molar-refractivity contribution is 0.108. The predicted octanol–water partition coefficient (Wildman–Crippen LogP) is 2.17. The minimum atomic E-state index is 0.226. The lowest BCUT2D eigenvalue weighted by Crippen LogP contribution is -2.40. The molecular formula is C16H22N2O2. The molecule has 20 heavy (non-hydrogen) atoms. The largest absolute Gasteiger partial charge is 0.492 e. The fourth-order valence-electron chi connectivity index (χ4n) is 2.67. The lowest BCUT2D eigenvalue weighted by Gasteiger charge is -2.28. The summed E-state index contributed by atoms with van der Waals surface area (Å²) in [4.78, 5) is 2.32. The fourth-order valence-corrected chi connectivity index (χ4v) is 2.67. The number of hydrogen-bond acceptors (Lipinski definition) is 4. The average molecular weight is 274 g/mol. The normalized spacial score (nSPS) is 20.1. The standard InChI is InChI=1S/C16H22N2O2/c17-12-14-5-4-7-16(11-14)20-10-9-18-8-3-1-2-6-15(18)13-19/h4-5,7,11,15,19H,1-3,6,8-10,13H2. The highest BCUT2D eigenvalue weighted by Crippen LogP contribution is 2.17. The van der Waals surface area contributed by atoms with Crippen LogP contribution in [0.25, 0.3) is 0 Å². The van der Waals surface area contributed by atoms with Crippen molar-refractivity contribution in [2.75, 3.05) is 26.3 Å². The van der Waals surface area contributed by atoms with Crippen molar-refractivity contribution in [2.45, 2.75) is 31.7 Å². The van der Waals surface area contributed by atoms with Gasteiger partial charge >= 0.3 is 0 Å². The van der Waals surface area contributed by atoms with E-state index in [1.807, 2.05) is 12.1 Å². The Morgan fingerprint density at radius 1 is 1.35 bits per heavy atom. The first kappa shape index (κ1) is 14.8. The van der Waals surface area contributed by atoms with Gasteiger partial charge < -0.3 is 9.84 Å².